The Morgan fingerprint density at radius 3 is 2.16 bits per heavy atom. The molecule has 0 saturated heterocycles. The Labute approximate surface area is 308 Å². The van der Waals surface area contributed by atoms with Crippen LogP contribution in [0.25, 0.3) is 83.3 Å². The van der Waals surface area contributed by atoms with Crippen molar-refractivity contribution in [3.63, 3.8) is 0 Å². The number of hydrogen-bond acceptors (Lipinski definition) is 4. The molecule has 0 fully saturated rings. The SMILES string of the molecule is [Ir].[c-]1ccc2c(oc3cc(-c4ccccc4)ccc32)c1-c1nc2cnc3ccccc3c2n1-c1ccccc1.[c-]1ccccc1-c1ccccn1. The van der Waals surface area contributed by atoms with Crippen LogP contribution in [0.2, 0.25) is 0 Å². The molecule has 6 heteroatoms. The number of benzene rings is 6. The number of imidazole rings is 1. The summed E-state index contributed by atoms with van der Waals surface area (Å²) in [6, 6.07) is 59.6. The van der Waals surface area contributed by atoms with Crippen LogP contribution in [-0.2, 0) is 20.1 Å². The number of furan rings is 1. The first kappa shape index (κ1) is 32.0. The molecule has 10 aromatic rings. The van der Waals surface area contributed by atoms with Crippen LogP contribution in [0, 0.1) is 12.1 Å². The van der Waals surface area contributed by atoms with Gasteiger partial charge in [0, 0.05) is 42.8 Å². The van der Waals surface area contributed by atoms with Gasteiger partial charge in [-0.2, -0.15) is 0 Å². The first-order valence-electron chi connectivity index (χ1n) is 16.4. The van der Waals surface area contributed by atoms with Gasteiger partial charge in [-0.3, -0.25) is 9.97 Å². The van der Waals surface area contributed by atoms with E-state index in [2.05, 4.69) is 93.4 Å². The Kier molecular flexibility index (Phi) is 8.77. The van der Waals surface area contributed by atoms with E-state index in [-0.39, 0.29) is 20.1 Å². The van der Waals surface area contributed by atoms with Crippen molar-refractivity contribution in [3.8, 4) is 39.5 Å². The molecule has 0 saturated carbocycles. The fraction of sp³-hybridized carbons (Fsp3) is 0. The van der Waals surface area contributed by atoms with Crippen molar-refractivity contribution in [2.45, 2.75) is 0 Å². The number of aromatic nitrogens is 4. The zero-order chi connectivity index (χ0) is 33.3. The van der Waals surface area contributed by atoms with E-state index in [0.717, 1.165) is 83.3 Å². The third-order valence-corrected chi connectivity index (χ3v) is 8.82. The first-order valence-corrected chi connectivity index (χ1v) is 16.4. The maximum absolute atomic E-state index is 6.57. The van der Waals surface area contributed by atoms with Gasteiger partial charge in [-0.25, -0.2) is 0 Å². The summed E-state index contributed by atoms with van der Waals surface area (Å²) in [6.07, 6.45) is 3.64. The number of para-hydroxylation sites is 2. The van der Waals surface area contributed by atoms with E-state index in [4.69, 9.17) is 9.40 Å². The number of fused-ring (bicyclic) bond motifs is 6. The van der Waals surface area contributed by atoms with Gasteiger partial charge in [-0.15, -0.1) is 54.1 Å². The van der Waals surface area contributed by atoms with Gasteiger partial charge in [0.1, 0.15) is 5.58 Å². The maximum atomic E-state index is 6.57. The van der Waals surface area contributed by atoms with Gasteiger partial charge in [-0.05, 0) is 47.2 Å². The van der Waals surface area contributed by atoms with Crippen molar-refractivity contribution in [2.75, 3.05) is 0 Å². The second-order valence-electron chi connectivity index (χ2n) is 11.9. The molecule has 4 heterocycles. The monoisotopic (exact) mass is 833 g/mol. The standard InChI is InChI=1S/C34H20N3O.C11H8N.Ir/c1-3-10-22(11-4-1)23-18-19-25-26-15-9-16-28(33(26)38-31(25)20-23)34-36-30-21-35-29-17-8-7-14-27(29)32(30)37(34)24-12-5-2-6-13-24;1-2-6-10(7-3-1)11-8-4-5-9-12-11;/h1-15,17-21H;1-6,8-9H;/q2*-1;. The van der Waals surface area contributed by atoms with Gasteiger partial charge >= 0.3 is 0 Å². The summed E-state index contributed by atoms with van der Waals surface area (Å²) in [5, 5.41) is 3.17. The van der Waals surface area contributed by atoms with Crippen molar-refractivity contribution in [1.29, 1.82) is 0 Å². The van der Waals surface area contributed by atoms with E-state index in [1.54, 1.807) is 6.20 Å². The van der Waals surface area contributed by atoms with Gasteiger partial charge in [0.05, 0.1) is 34.2 Å². The molecule has 51 heavy (non-hydrogen) atoms. The molecule has 245 valence electrons. The van der Waals surface area contributed by atoms with Gasteiger partial charge in [0.2, 0.25) is 0 Å². The van der Waals surface area contributed by atoms with Crippen molar-refractivity contribution < 1.29 is 24.5 Å². The average molecular weight is 833 g/mol. The summed E-state index contributed by atoms with van der Waals surface area (Å²) in [5.74, 6) is 0.775. The van der Waals surface area contributed by atoms with Crippen LogP contribution in [0.1, 0.15) is 0 Å². The molecule has 10 rings (SSSR count). The van der Waals surface area contributed by atoms with Crippen LogP contribution in [0.5, 0.6) is 0 Å². The summed E-state index contributed by atoms with van der Waals surface area (Å²) in [5.41, 5.74) is 10.5. The normalized spacial score (nSPS) is 11.0. The Morgan fingerprint density at radius 2 is 1.35 bits per heavy atom. The van der Waals surface area contributed by atoms with Crippen LogP contribution >= 0.6 is 0 Å². The van der Waals surface area contributed by atoms with Crippen molar-refractivity contribution in [2.24, 2.45) is 0 Å². The van der Waals surface area contributed by atoms with E-state index in [9.17, 15) is 0 Å². The van der Waals surface area contributed by atoms with Gasteiger partial charge in [0.25, 0.3) is 0 Å². The van der Waals surface area contributed by atoms with Crippen molar-refractivity contribution >= 4 is 43.9 Å². The number of pyridine rings is 2. The molecular weight excluding hydrogens is 805 g/mol. The van der Waals surface area contributed by atoms with Crippen LogP contribution in [0.3, 0.4) is 0 Å². The summed E-state index contributed by atoms with van der Waals surface area (Å²) < 4.78 is 8.78. The minimum Gasteiger partial charge on any atom is -0.501 e. The molecule has 0 bridgehead atoms. The molecule has 6 aromatic carbocycles. The summed E-state index contributed by atoms with van der Waals surface area (Å²) in [7, 11) is 0. The topological polar surface area (TPSA) is 56.7 Å². The summed E-state index contributed by atoms with van der Waals surface area (Å²) >= 11 is 0. The minimum absolute atomic E-state index is 0. The van der Waals surface area contributed by atoms with Crippen LogP contribution < -0.4 is 0 Å². The zero-order valence-corrected chi connectivity index (χ0v) is 29.6. The Hall–Kier alpha value is -6.20. The van der Waals surface area contributed by atoms with Crippen LogP contribution in [0.4, 0.5) is 0 Å². The smallest absolute Gasteiger partial charge is 0.121 e. The molecule has 0 unspecified atom stereocenters. The van der Waals surface area contributed by atoms with E-state index in [0.29, 0.717) is 0 Å². The second-order valence-corrected chi connectivity index (χ2v) is 11.9. The van der Waals surface area contributed by atoms with Crippen LogP contribution in [0.15, 0.2) is 175 Å². The van der Waals surface area contributed by atoms with E-state index >= 15 is 0 Å². The van der Waals surface area contributed by atoms with E-state index < -0.39 is 0 Å². The van der Waals surface area contributed by atoms with E-state index in [1.165, 1.54) is 0 Å². The number of nitrogens with zero attached hydrogens (tertiary/aromatic N) is 4. The van der Waals surface area contributed by atoms with Crippen LogP contribution in [-0.4, -0.2) is 19.5 Å². The Balaban J connectivity index is 0.000000245. The molecular formula is C45H28IrN4O-2. The quantitative estimate of drug-likeness (QED) is 0.166. The largest absolute Gasteiger partial charge is 0.501 e. The molecule has 1 radical (unpaired) electrons. The zero-order valence-electron chi connectivity index (χ0n) is 27.2. The number of rotatable bonds is 4. The fourth-order valence-corrected chi connectivity index (χ4v) is 6.49. The first-order chi connectivity index (χ1) is 24.8. The predicted octanol–water partition coefficient (Wildman–Crippen LogP) is 11.2. The Morgan fingerprint density at radius 1 is 0.569 bits per heavy atom. The van der Waals surface area contributed by atoms with Crippen molar-refractivity contribution in [1.82, 2.24) is 19.5 Å². The fourth-order valence-electron chi connectivity index (χ4n) is 6.49. The molecule has 0 aliphatic rings. The molecule has 5 nitrogen and oxygen atoms in total. The maximum Gasteiger partial charge on any atom is 0.121 e. The molecule has 0 aliphatic heterocycles. The third-order valence-electron chi connectivity index (χ3n) is 8.82. The molecule has 0 amide bonds. The van der Waals surface area contributed by atoms with Gasteiger partial charge < -0.3 is 14.0 Å². The van der Waals surface area contributed by atoms with Gasteiger partial charge in [-0.1, -0.05) is 102 Å². The molecule has 0 aliphatic carbocycles. The molecule has 4 aromatic heterocycles. The predicted molar refractivity (Wildman–Crippen MR) is 202 cm³/mol. The number of hydrogen-bond donors (Lipinski definition) is 0. The molecule has 0 N–H and O–H groups in total. The Bertz CT molecular complexity index is 2710. The molecule has 0 atom stereocenters. The average Bonchev–Trinajstić information content (AvgIpc) is 3.78. The second kappa shape index (κ2) is 14.0. The van der Waals surface area contributed by atoms with Gasteiger partial charge in [0.15, 0.2) is 0 Å². The third kappa shape index (κ3) is 6.01. The van der Waals surface area contributed by atoms with Crippen molar-refractivity contribution in [3.05, 3.63) is 182 Å². The van der Waals surface area contributed by atoms with E-state index in [1.807, 2.05) is 97.2 Å². The summed E-state index contributed by atoms with van der Waals surface area (Å²) in [4.78, 5) is 14.0. The molecule has 0 spiro atoms. The minimum atomic E-state index is 0. The summed E-state index contributed by atoms with van der Waals surface area (Å²) in [6.45, 7) is 0.